The highest BCUT2D eigenvalue weighted by Crippen LogP contribution is 2.22. The zero-order chi connectivity index (χ0) is 18.4. The van der Waals surface area contributed by atoms with E-state index in [2.05, 4.69) is 10.2 Å². The highest BCUT2D eigenvalue weighted by molar-refractivity contribution is 7.99. The number of halogens is 1. The Labute approximate surface area is 155 Å². The Kier molecular flexibility index (Phi) is 6.12. The van der Waals surface area contributed by atoms with Gasteiger partial charge in [-0.15, -0.1) is 10.2 Å². The molecular weight excluding hydrogens is 355 g/mol. The molecule has 0 aliphatic heterocycles. The monoisotopic (exact) mass is 374 g/mol. The van der Waals surface area contributed by atoms with E-state index in [1.165, 1.54) is 17.8 Å². The topological polar surface area (TPSA) is 57.4 Å². The van der Waals surface area contributed by atoms with E-state index < -0.39 is 0 Å². The van der Waals surface area contributed by atoms with Crippen LogP contribution in [0.3, 0.4) is 0 Å². The van der Waals surface area contributed by atoms with Crippen LogP contribution >= 0.6 is 11.8 Å². The minimum Gasteiger partial charge on any atom is -0.490 e. The van der Waals surface area contributed by atoms with Gasteiger partial charge in [-0.3, -0.25) is 0 Å². The van der Waals surface area contributed by atoms with E-state index in [0.29, 0.717) is 23.5 Å². The molecule has 3 rings (SSSR count). The van der Waals surface area contributed by atoms with Gasteiger partial charge in [0.25, 0.3) is 11.1 Å². The summed E-state index contributed by atoms with van der Waals surface area (Å²) in [5.74, 6) is 1.63. The summed E-state index contributed by atoms with van der Waals surface area (Å²) in [6.07, 6.45) is 0. The van der Waals surface area contributed by atoms with Crippen molar-refractivity contribution in [1.29, 1.82) is 0 Å². The molecule has 0 spiro atoms. The molecule has 0 saturated carbocycles. The molecule has 136 valence electrons. The summed E-state index contributed by atoms with van der Waals surface area (Å²) in [6, 6.07) is 12.3. The zero-order valence-corrected chi connectivity index (χ0v) is 15.4. The number of para-hydroxylation sites is 1. The van der Waals surface area contributed by atoms with Crippen LogP contribution in [0.5, 0.6) is 11.5 Å². The number of hydrogen-bond donors (Lipinski definition) is 0. The lowest BCUT2D eigenvalue weighted by Crippen LogP contribution is -2.01. The second-order valence-electron chi connectivity index (χ2n) is 5.65. The predicted octanol–water partition coefficient (Wildman–Crippen LogP) is 4.58. The third kappa shape index (κ3) is 4.98. The maximum atomic E-state index is 13.4. The molecule has 0 radical (unpaired) electrons. The number of thioether (sulfide) groups is 1. The number of rotatable bonds is 8. The second-order valence-corrected chi connectivity index (χ2v) is 6.69. The molecule has 0 aliphatic carbocycles. The molecule has 0 N–H and O–H groups in total. The molecule has 5 nitrogen and oxygen atoms in total. The zero-order valence-electron chi connectivity index (χ0n) is 14.6. The van der Waals surface area contributed by atoms with Crippen molar-refractivity contribution in [1.82, 2.24) is 10.2 Å². The van der Waals surface area contributed by atoms with Gasteiger partial charge in [0, 0.05) is 5.75 Å². The van der Waals surface area contributed by atoms with Crippen molar-refractivity contribution in [2.75, 3.05) is 12.4 Å². The molecule has 26 heavy (non-hydrogen) atoms. The van der Waals surface area contributed by atoms with Crippen molar-refractivity contribution < 1.29 is 18.3 Å². The van der Waals surface area contributed by atoms with Gasteiger partial charge in [0.1, 0.15) is 5.75 Å². The Bertz CT molecular complexity index is 869. The Morgan fingerprint density at radius 2 is 1.88 bits per heavy atom. The highest BCUT2D eigenvalue weighted by atomic mass is 32.2. The molecule has 0 unspecified atom stereocenters. The van der Waals surface area contributed by atoms with Crippen LogP contribution in [0, 0.1) is 19.7 Å². The van der Waals surface area contributed by atoms with Crippen LogP contribution in [0.15, 0.2) is 52.1 Å². The fourth-order valence-corrected chi connectivity index (χ4v) is 2.79. The van der Waals surface area contributed by atoms with Crippen LogP contribution in [0.2, 0.25) is 0 Å². The van der Waals surface area contributed by atoms with Gasteiger partial charge >= 0.3 is 0 Å². The SMILES string of the molecule is Cc1ccc(C)c(OCc2nnc(SCCOc3ccccc3F)o2)c1. The Morgan fingerprint density at radius 3 is 2.73 bits per heavy atom. The highest BCUT2D eigenvalue weighted by Gasteiger charge is 2.09. The lowest BCUT2D eigenvalue weighted by molar-refractivity contribution is 0.250. The fraction of sp³-hybridized carbons (Fsp3) is 0.263. The van der Waals surface area contributed by atoms with Crippen LogP contribution in [0.25, 0.3) is 0 Å². The molecule has 2 aromatic carbocycles. The molecule has 1 heterocycles. The largest absolute Gasteiger partial charge is 0.490 e. The van der Waals surface area contributed by atoms with E-state index in [-0.39, 0.29) is 18.2 Å². The van der Waals surface area contributed by atoms with E-state index in [9.17, 15) is 4.39 Å². The number of hydrogen-bond acceptors (Lipinski definition) is 6. The summed E-state index contributed by atoms with van der Waals surface area (Å²) in [5.41, 5.74) is 2.18. The molecule has 0 bridgehead atoms. The first-order valence-corrected chi connectivity index (χ1v) is 9.13. The van der Waals surface area contributed by atoms with Crippen LogP contribution in [-0.4, -0.2) is 22.6 Å². The quantitative estimate of drug-likeness (QED) is 0.425. The Balaban J connectivity index is 1.44. The lowest BCUT2D eigenvalue weighted by Gasteiger charge is -2.07. The Morgan fingerprint density at radius 1 is 1.04 bits per heavy atom. The average Bonchev–Trinajstić information content (AvgIpc) is 3.09. The van der Waals surface area contributed by atoms with Crippen LogP contribution in [0.1, 0.15) is 17.0 Å². The number of nitrogens with zero attached hydrogens (tertiary/aromatic N) is 2. The molecular formula is C19H19FN2O3S. The van der Waals surface area contributed by atoms with Gasteiger partial charge in [-0.2, -0.15) is 0 Å². The van der Waals surface area contributed by atoms with Crippen molar-refractivity contribution in [3.63, 3.8) is 0 Å². The maximum absolute atomic E-state index is 13.4. The van der Waals surface area contributed by atoms with Crippen LogP contribution in [0.4, 0.5) is 4.39 Å². The third-order valence-corrected chi connectivity index (χ3v) is 4.33. The molecule has 0 amide bonds. The van der Waals surface area contributed by atoms with Crippen molar-refractivity contribution in [2.24, 2.45) is 0 Å². The van der Waals surface area contributed by atoms with E-state index >= 15 is 0 Å². The number of benzene rings is 2. The minimum atomic E-state index is -0.374. The molecule has 0 atom stereocenters. The van der Waals surface area contributed by atoms with Gasteiger partial charge in [-0.1, -0.05) is 36.0 Å². The summed E-state index contributed by atoms with van der Waals surface area (Å²) < 4.78 is 30.1. The average molecular weight is 374 g/mol. The number of aromatic nitrogens is 2. The Hall–Kier alpha value is -2.54. The predicted molar refractivity (Wildman–Crippen MR) is 97.2 cm³/mol. The van der Waals surface area contributed by atoms with E-state index in [1.807, 2.05) is 32.0 Å². The summed E-state index contributed by atoms with van der Waals surface area (Å²) >= 11 is 1.35. The van der Waals surface area contributed by atoms with Crippen LogP contribution < -0.4 is 9.47 Å². The van der Waals surface area contributed by atoms with Gasteiger partial charge in [-0.05, 0) is 43.2 Å². The van der Waals surface area contributed by atoms with Crippen molar-refractivity contribution in [3.05, 3.63) is 65.3 Å². The first-order chi connectivity index (χ1) is 12.6. The molecule has 3 aromatic rings. The van der Waals surface area contributed by atoms with E-state index in [0.717, 1.165) is 16.9 Å². The molecule has 0 saturated heterocycles. The molecule has 1 aromatic heterocycles. The standard InChI is InChI=1S/C19H19FN2O3S/c1-13-7-8-14(2)17(11-13)24-12-18-21-22-19(25-18)26-10-9-23-16-6-4-3-5-15(16)20/h3-8,11H,9-10,12H2,1-2H3. The third-order valence-electron chi connectivity index (χ3n) is 3.55. The number of aryl methyl sites for hydroxylation is 2. The molecule has 0 aliphatic rings. The fourth-order valence-electron chi connectivity index (χ4n) is 2.20. The van der Waals surface area contributed by atoms with Crippen LogP contribution in [-0.2, 0) is 6.61 Å². The summed E-state index contributed by atoms with van der Waals surface area (Å²) in [5, 5.41) is 8.37. The van der Waals surface area contributed by atoms with E-state index in [4.69, 9.17) is 13.9 Å². The summed E-state index contributed by atoms with van der Waals surface area (Å²) in [7, 11) is 0. The first-order valence-electron chi connectivity index (χ1n) is 8.14. The van der Waals surface area contributed by atoms with Gasteiger partial charge in [0.2, 0.25) is 0 Å². The lowest BCUT2D eigenvalue weighted by atomic mass is 10.1. The van der Waals surface area contributed by atoms with Gasteiger partial charge < -0.3 is 13.9 Å². The first kappa shape index (κ1) is 18.3. The van der Waals surface area contributed by atoms with Crippen molar-refractivity contribution in [3.8, 4) is 11.5 Å². The number of ether oxygens (including phenoxy) is 2. The minimum absolute atomic E-state index is 0.212. The molecule has 7 heteroatoms. The van der Waals surface area contributed by atoms with Gasteiger partial charge in [0.15, 0.2) is 18.2 Å². The second kappa shape index (κ2) is 8.71. The molecule has 0 fully saturated rings. The van der Waals surface area contributed by atoms with Crippen molar-refractivity contribution in [2.45, 2.75) is 25.7 Å². The smallest absolute Gasteiger partial charge is 0.276 e. The van der Waals surface area contributed by atoms with Gasteiger partial charge in [0.05, 0.1) is 6.61 Å². The van der Waals surface area contributed by atoms with E-state index in [1.54, 1.807) is 18.2 Å². The maximum Gasteiger partial charge on any atom is 0.276 e. The summed E-state index contributed by atoms with van der Waals surface area (Å²) in [4.78, 5) is 0. The van der Waals surface area contributed by atoms with Crippen molar-refractivity contribution >= 4 is 11.8 Å². The van der Waals surface area contributed by atoms with Gasteiger partial charge in [-0.25, -0.2) is 4.39 Å². The summed E-state index contributed by atoms with van der Waals surface area (Å²) in [6.45, 7) is 4.54. The normalized spacial score (nSPS) is 10.7.